The van der Waals surface area contributed by atoms with E-state index in [1.54, 1.807) is 0 Å². The molecule has 72 heavy (non-hydrogen) atoms. The lowest BCUT2D eigenvalue weighted by Crippen LogP contribution is -2.45. The fourth-order valence-electron chi connectivity index (χ4n) is 10.8. The van der Waals surface area contributed by atoms with E-state index in [0.717, 1.165) is 38.5 Å². The second-order valence-electron chi connectivity index (χ2n) is 23.2. The Bertz CT molecular complexity index is 1040. The molecule has 0 heterocycles. The maximum atomic E-state index is 12.5. The summed E-state index contributed by atoms with van der Waals surface area (Å²) in [6, 6.07) is -0.537. The van der Waals surface area contributed by atoms with E-state index in [2.05, 4.69) is 19.2 Å². The minimum Gasteiger partial charge on any atom is -0.466 e. The topological polar surface area (TPSA) is 95.9 Å². The van der Waals surface area contributed by atoms with Crippen molar-refractivity contribution >= 4 is 11.9 Å². The number of nitrogens with one attached hydrogen (secondary N) is 1. The number of unbranched alkanes of at least 4 members (excludes halogenated alkanes) is 52. The first kappa shape index (κ1) is 70.9. The molecule has 6 heteroatoms. The van der Waals surface area contributed by atoms with Crippen LogP contribution in [0.25, 0.3) is 0 Å². The van der Waals surface area contributed by atoms with Crippen LogP contribution < -0.4 is 5.32 Å². The Labute approximate surface area is 451 Å². The number of aliphatic hydroxyl groups excluding tert-OH is 2. The molecule has 2 atom stereocenters. The van der Waals surface area contributed by atoms with Crippen LogP contribution in [-0.2, 0) is 14.3 Å². The van der Waals surface area contributed by atoms with Gasteiger partial charge >= 0.3 is 5.97 Å². The molecule has 0 aromatic carbocycles. The van der Waals surface area contributed by atoms with Crippen LogP contribution in [0, 0.1) is 0 Å². The van der Waals surface area contributed by atoms with Gasteiger partial charge in [0.2, 0.25) is 5.91 Å². The Balaban J connectivity index is 3.30. The van der Waals surface area contributed by atoms with Gasteiger partial charge in [0, 0.05) is 12.8 Å². The molecule has 0 fully saturated rings. The third kappa shape index (κ3) is 58.1. The minimum absolute atomic E-state index is 0.0230. The highest BCUT2D eigenvalue weighted by atomic mass is 16.5. The summed E-state index contributed by atoms with van der Waals surface area (Å²) in [5.74, 6) is -0.00779. The van der Waals surface area contributed by atoms with Gasteiger partial charge in [-0.25, -0.2) is 0 Å². The molecule has 0 aromatic heterocycles. The SMILES string of the molecule is CCCCCCCCCCCCCCCCCCCC(=O)OCCCCCCCCCCCCCCCCCCCCCCCCCCCCCC(=O)NC(CO)C(O)CCCCCCCCCCCCC. The van der Waals surface area contributed by atoms with Crippen molar-refractivity contribution in [3.05, 3.63) is 0 Å². The first-order chi connectivity index (χ1) is 35.5. The van der Waals surface area contributed by atoms with Gasteiger partial charge < -0.3 is 20.3 Å². The van der Waals surface area contributed by atoms with Crippen molar-refractivity contribution in [2.24, 2.45) is 0 Å². The molecule has 430 valence electrons. The van der Waals surface area contributed by atoms with Crippen LogP contribution in [0.4, 0.5) is 0 Å². The van der Waals surface area contributed by atoms with Crippen LogP contribution in [0.15, 0.2) is 0 Å². The molecule has 0 spiro atoms. The zero-order valence-electron chi connectivity index (χ0n) is 49.2. The van der Waals surface area contributed by atoms with E-state index >= 15 is 0 Å². The number of aliphatic hydroxyl groups is 2. The second kappa shape index (κ2) is 62.4. The molecule has 0 bridgehead atoms. The summed E-state index contributed by atoms with van der Waals surface area (Å²) in [5, 5.41) is 23.2. The number of esters is 1. The summed E-state index contributed by atoms with van der Waals surface area (Å²) >= 11 is 0. The molecule has 0 aliphatic heterocycles. The van der Waals surface area contributed by atoms with E-state index in [1.807, 2.05) is 0 Å². The molecule has 0 saturated carbocycles. The van der Waals surface area contributed by atoms with Gasteiger partial charge in [-0.2, -0.15) is 0 Å². The third-order valence-electron chi connectivity index (χ3n) is 15.9. The van der Waals surface area contributed by atoms with E-state index in [4.69, 9.17) is 4.74 Å². The maximum Gasteiger partial charge on any atom is 0.305 e. The molecular weight excluding hydrogens is 887 g/mol. The van der Waals surface area contributed by atoms with Crippen molar-refractivity contribution < 1.29 is 24.5 Å². The lowest BCUT2D eigenvalue weighted by Gasteiger charge is -2.22. The number of amides is 1. The third-order valence-corrected chi connectivity index (χ3v) is 15.9. The maximum absolute atomic E-state index is 12.5. The molecule has 6 nitrogen and oxygen atoms in total. The number of carbonyl (C=O) groups excluding carboxylic acids is 2. The fourth-order valence-corrected chi connectivity index (χ4v) is 10.8. The van der Waals surface area contributed by atoms with Gasteiger partial charge in [0.05, 0.1) is 25.4 Å². The molecule has 0 aliphatic rings. The Morgan fingerprint density at radius 3 is 0.847 bits per heavy atom. The van der Waals surface area contributed by atoms with Crippen LogP contribution in [-0.4, -0.2) is 47.4 Å². The lowest BCUT2D eigenvalue weighted by molar-refractivity contribution is -0.143. The Morgan fingerprint density at radius 1 is 0.333 bits per heavy atom. The average Bonchev–Trinajstić information content (AvgIpc) is 3.38. The number of carbonyl (C=O) groups is 2. The molecule has 0 rings (SSSR count). The molecule has 0 aromatic rings. The number of hydrogen-bond donors (Lipinski definition) is 3. The summed E-state index contributed by atoms with van der Waals surface area (Å²) in [5.41, 5.74) is 0. The van der Waals surface area contributed by atoms with Gasteiger partial charge in [0.15, 0.2) is 0 Å². The summed E-state index contributed by atoms with van der Waals surface area (Å²) in [4.78, 5) is 24.5. The summed E-state index contributed by atoms with van der Waals surface area (Å²) in [7, 11) is 0. The van der Waals surface area contributed by atoms with Gasteiger partial charge in [0.25, 0.3) is 0 Å². The average molecular weight is 1020 g/mol. The van der Waals surface area contributed by atoms with E-state index in [9.17, 15) is 19.8 Å². The van der Waals surface area contributed by atoms with Crippen molar-refractivity contribution in [3.8, 4) is 0 Å². The van der Waals surface area contributed by atoms with Gasteiger partial charge in [-0.05, 0) is 25.7 Å². The van der Waals surface area contributed by atoms with E-state index in [0.29, 0.717) is 25.9 Å². The van der Waals surface area contributed by atoms with Crippen molar-refractivity contribution in [1.82, 2.24) is 5.32 Å². The van der Waals surface area contributed by atoms with E-state index in [-0.39, 0.29) is 18.5 Å². The van der Waals surface area contributed by atoms with Crippen LogP contribution in [0.2, 0.25) is 0 Å². The zero-order valence-corrected chi connectivity index (χ0v) is 49.2. The minimum atomic E-state index is -0.659. The highest BCUT2D eigenvalue weighted by molar-refractivity contribution is 5.76. The lowest BCUT2D eigenvalue weighted by atomic mass is 10.0. The Morgan fingerprint density at radius 2 is 0.569 bits per heavy atom. The number of rotatable bonds is 63. The van der Waals surface area contributed by atoms with Crippen molar-refractivity contribution in [2.75, 3.05) is 13.2 Å². The quantitative estimate of drug-likeness (QED) is 0.0417. The molecular formula is C66H131NO5. The first-order valence-electron chi connectivity index (χ1n) is 33.3. The van der Waals surface area contributed by atoms with Crippen LogP contribution in [0.1, 0.15) is 386 Å². The number of ether oxygens (including phenoxy) is 1. The highest BCUT2D eigenvalue weighted by Gasteiger charge is 2.20. The predicted octanol–water partition coefficient (Wildman–Crippen LogP) is 21.0. The zero-order chi connectivity index (χ0) is 52.2. The van der Waals surface area contributed by atoms with Crippen LogP contribution >= 0.6 is 0 Å². The molecule has 3 N–H and O–H groups in total. The Kier molecular flexibility index (Phi) is 61.4. The van der Waals surface area contributed by atoms with E-state index in [1.165, 1.54) is 315 Å². The van der Waals surface area contributed by atoms with Crippen molar-refractivity contribution in [3.63, 3.8) is 0 Å². The highest BCUT2D eigenvalue weighted by Crippen LogP contribution is 2.19. The van der Waals surface area contributed by atoms with Gasteiger partial charge in [0.1, 0.15) is 0 Å². The summed E-state index contributed by atoms with van der Waals surface area (Å²) < 4.78 is 5.51. The van der Waals surface area contributed by atoms with Gasteiger partial charge in [-0.1, -0.05) is 348 Å². The molecule has 2 unspecified atom stereocenters. The predicted molar refractivity (Wildman–Crippen MR) is 315 cm³/mol. The normalized spacial score (nSPS) is 12.4. The smallest absolute Gasteiger partial charge is 0.305 e. The molecule has 0 aliphatic carbocycles. The van der Waals surface area contributed by atoms with Gasteiger partial charge in [-0.15, -0.1) is 0 Å². The number of hydrogen-bond acceptors (Lipinski definition) is 5. The van der Waals surface area contributed by atoms with Crippen LogP contribution in [0.5, 0.6) is 0 Å². The van der Waals surface area contributed by atoms with Crippen LogP contribution in [0.3, 0.4) is 0 Å². The fraction of sp³-hybridized carbons (Fsp3) is 0.970. The monoisotopic (exact) mass is 1020 g/mol. The second-order valence-corrected chi connectivity index (χ2v) is 23.2. The van der Waals surface area contributed by atoms with Gasteiger partial charge in [-0.3, -0.25) is 9.59 Å². The largest absolute Gasteiger partial charge is 0.466 e. The molecule has 1 amide bonds. The summed E-state index contributed by atoms with van der Waals surface area (Å²) in [6.07, 6.45) is 74.3. The first-order valence-corrected chi connectivity index (χ1v) is 33.3. The standard InChI is InChI=1S/C66H131NO5/c1-3-5-7-9-11-13-15-16-17-29-33-36-40-44-48-52-56-60-66(71)72-61-57-53-49-45-41-37-34-31-28-26-24-22-20-18-19-21-23-25-27-30-32-35-39-43-47-51-55-59-65(70)67-63(62-68)64(69)58-54-50-46-42-38-14-12-10-8-6-4-2/h63-64,68-69H,3-62H2,1-2H3,(H,67,70). The molecule has 0 radical (unpaired) electrons. The molecule has 0 saturated heterocycles. The van der Waals surface area contributed by atoms with Crippen molar-refractivity contribution in [2.45, 2.75) is 398 Å². The van der Waals surface area contributed by atoms with Crippen molar-refractivity contribution in [1.29, 1.82) is 0 Å². The summed E-state index contributed by atoms with van der Waals surface area (Å²) in [6.45, 7) is 4.98. The Hall–Kier alpha value is -1.14. The van der Waals surface area contributed by atoms with E-state index < -0.39 is 12.1 Å².